The minimum Gasteiger partial charge on any atom is -0.463 e. The molecule has 0 bridgehead atoms. The zero-order valence-corrected chi connectivity index (χ0v) is 9.62. The second kappa shape index (κ2) is 6.41. The van der Waals surface area contributed by atoms with Crippen molar-refractivity contribution in [1.29, 1.82) is 5.26 Å². The van der Waals surface area contributed by atoms with Gasteiger partial charge in [-0.1, -0.05) is 0 Å². The molecule has 86 valence electrons. The predicted molar refractivity (Wildman–Crippen MR) is 55.9 cm³/mol. The molecule has 4 heteroatoms. The number of hydrogen-bond donors (Lipinski definition) is 1. The summed E-state index contributed by atoms with van der Waals surface area (Å²) in [5.41, 5.74) is -0.346. The first-order chi connectivity index (χ1) is 6.87. The second-order valence-electron chi connectivity index (χ2n) is 4.34. The van der Waals surface area contributed by atoms with Gasteiger partial charge in [0.2, 0.25) is 0 Å². The molecule has 0 saturated carbocycles. The third kappa shape index (κ3) is 7.95. The van der Waals surface area contributed by atoms with Crippen LogP contribution in [0.25, 0.3) is 0 Å². The van der Waals surface area contributed by atoms with Crippen LogP contribution in [0.5, 0.6) is 0 Å². The van der Waals surface area contributed by atoms with Gasteiger partial charge in [0.25, 0.3) is 0 Å². The summed E-state index contributed by atoms with van der Waals surface area (Å²) in [6.45, 7) is 5.09. The van der Waals surface area contributed by atoms with E-state index in [1.165, 1.54) is 6.92 Å². The van der Waals surface area contributed by atoms with Crippen LogP contribution in [0.15, 0.2) is 0 Å². The fourth-order valence-corrected chi connectivity index (χ4v) is 1.13. The van der Waals surface area contributed by atoms with Crippen LogP contribution in [0.1, 0.15) is 40.0 Å². The summed E-state index contributed by atoms with van der Waals surface area (Å²) in [5, 5.41) is 18.2. The van der Waals surface area contributed by atoms with Gasteiger partial charge in [0.05, 0.1) is 17.6 Å². The summed E-state index contributed by atoms with van der Waals surface area (Å²) < 4.78 is 4.66. The van der Waals surface area contributed by atoms with E-state index in [0.29, 0.717) is 6.42 Å². The maximum absolute atomic E-state index is 10.5. The van der Waals surface area contributed by atoms with Crippen molar-refractivity contribution >= 4 is 5.97 Å². The molecule has 0 rings (SSSR count). The molecule has 1 N–H and O–H groups in total. The van der Waals surface area contributed by atoms with Crippen LogP contribution >= 0.6 is 0 Å². The number of aliphatic hydroxyl groups is 1. The van der Waals surface area contributed by atoms with E-state index >= 15 is 0 Å². The van der Waals surface area contributed by atoms with Gasteiger partial charge in [-0.25, -0.2) is 0 Å². The summed E-state index contributed by atoms with van der Waals surface area (Å²) in [5.74, 6) is -0.383. The maximum Gasteiger partial charge on any atom is 0.302 e. The Bertz CT molecular complexity index is 243. The van der Waals surface area contributed by atoms with Crippen molar-refractivity contribution in [3.05, 3.63) is 0 Å². The number of esters is 1. The highest BCUT2D eigenvalue weighted by molar-refractivity contribution is 5.65. The molecule has 0 fully saturated rings. The summed E-state index contributed by atoms with van der Waals surface area (Å²) >= 11 is 0. The van der Waals surface area contributed by atoms with Crippen molar-refractivity contribution in [3.8, 4) is 6.07 Å². The Hall–Kier alpha value is -1.08. The number of carbonyl (C=O) groups is 1. The fraction of sp³-hybridized carbons (Fsp3) is 0.818. The quantitative estimate of drug-likeness (QED) is 0.681. The van der Waals surface area contributed by atoms with E-state index in [9.17, 15) is 9.90 Å². The predicted octanol–water partition coefficient (Wildman–Crippen LogP) is 1.63. The largest absolute Gasteiger partial charge is 0.463 e. The average molecular weight is 213 g/mol. The lowest BCUT2D eigenvalue weighted by atomic mass is 9.88. The third-order valence-electron chi connectivity index (χ3n) is 2.12. The Balaban J connectivity index is 3.60. The van der Waals surface area contributed by atoms with Gasteiger partial charge in [0.15, 0.2) is 0 Å². The van der Waals surface area contributed by atoms with Gasteiger partial charge in [0.1, 0.15) is 6.61 Å². The highest BCUT2D eigenvalue weighted by Gasteiger charge is 2.17. The standard InChI is InChI=1S/C11H19NO3/c1-9(13)15-7-10(14)5-4-6-11(2,3)8-12/h10,14H,4-7H2,1-3H3. The highest BCUT2D eigenvalue weighted by atomic mass is 16.5. The van der Waals surface area contributed by atoms with E-state index in [4.69, 9.17) is 5.26 Å². The number of nitrogens with zero attached hydrogens (tertiary/aromatic N) is 1. The van der Waals surface area contributed by atoms with Crippen molar-refractivity contribution in [2.75, 3.05) is 6.61 Å². The number of aliphatic hydroxyl groups excluding tert-OH is 1. The molecule has 0 aromatic carbocycles. The molecule has 4 nitrogen and oxygen atoms in total. The number of rotatable bonds is 6. The SMILES string of the molecule is CC(=O)OCC(O)CCCC(C)(C)C#N. The number of ether oxygens (including phenoxy) is 1. The van der Waals surface area contributed by atoms with Gasteiger partial charge in [-0.3, -0.25) is 4.79 Å². The van der Waals surface area contributed by atoms with E-state index in [-0.39, 0.29) is 18.0 Å². The van der Waals surface area contributed by atoms with Crippen molar-refractivity contribution in [2.45, 2.75) is 46.1 Å². The molecule has 0 aliphatic carbocycles. The molecular weight excluding hydrogens is 194 g/mol. The van der Waals surface area contributed by atoms with Crippen LogP contribution in [-0.2, 0) is 9.53 Å². The molecule has 0 aliphatic rings. The van der Waals surface area contributed by atoms with Crippen molar-refractivity contribution in [1.82, 2.24) is 0 Å². The van der Waals surface area contributed by atoms with Gasteiger partial charge < -0.3 is 9.84 Å². The Morgan fingerprint density at radius 3 is 2.67 bits per heavy atom. The van der Waals surface area contributed by atoms with E-state index in [2.05, 4.69) is 10.8 Å². The molecule has 0 spiro atoms. The minimum atomic E-state index is -0.622. The van der Waals surface area contributed by atoms with E-state index in [1.54, 1.807) is 0 Å². The molecule has 0 aromatic rings. The number of nitriles is 1. The lowest BCUT2D eigenvalue weighted by molar-refractivity contribution is -0.144. The zero-order valence-electron chi connectivity index (χ0n) is 9.62. The molecule has 0 aliphatic heterocycles. The van der Waals surface area contributed by atoms with Crippen LogP contribution in [0.4, 0.5) is 0 Å². The molecule has 15 heavy (non-hydrogen) atoms. The first-order valence-electron chi connectivity index (χ1n) is 5.10. The fourth-order valence-electron chi connectivity index (χ4n) is 1.13. The van der Waals surface area contributed by atoms with Crippen LogP contribution in [-0.4, -0.2) is 23.8 Å². The lowest BCUT2D eigenvalue weighted by Gasteiger charge is -2.16. The summed E-state index contributed by atoms with van der Waals surface area (Å²) in [6.07, 6.45) is 1.42. The van der Waals surface area contributed by atoms with Crippen LogP contribution in [0.3, 0.4) is 0 Å². The molecule has 0 heterocycles. The van der Waals surface area contributed by atoms with Gasteiger partial charge in [-0.05, 0) is 33.1 Å². The number of carbonyl (C=O) groups excluding carboxylic acids is 1. The van der Waals surface area contributed by atoms with Gasteiger partial charge in [-0.2, -0.15) is 5.26 Å². The number of hydrogen-bond acceptors (Lipinski definition) is 4. The second-order valence-corrected chi connectivity index (χ2v) is 4.34. The topological polar surface area (TPSA) is 70.3 Å². The molecule has 1 unspecified atom stereocenters. The monoisotopic (exact) mass is 213 g/mol. The minimum absolute atomic E-state index is 0.0440. The molecule has 0 radical (unpaired) electrons. The molecule has 0 aromatic heterocycles. The van der Waals surface area contributed by atoms with E-state index in [0.717, 1.165) is 12.8 Å². The third-order valence-corrected chi connectivity index (χ3v) is 2.12. The van der Waals surface area contributed by atoms with Crippen LogP contribution in [0.2, 0.25) is 0 Å². The Labute approximate surface area is 90.9 Å². The lowest BCUT2D eigenvalue weighted by Crippen LogP contribution is -2.18. The van der Waals surface area contributed by atoms with Crippen LogP contribution < -0.4 is 0 Å². The Morgan fingerprint density at radius 2 is 2.20 bits per heavy atom. The zero-order chi connectivity index (χ0) is 11.9. The molecule has 0 saturated heterocycles. The average Bonchev–Trinajstić information content (AvgIpc) is 2.14. The van der Waals surface area contributed by atoms with Gasteiger partial charge in [0, 0.05) is 6.92 Å². The maximum atomic E-state index is 10.5. The van der Waals surface area contributed by atoms with Gasteiger partial charge >= 0.3 is 5.97 Å². The van der Waals surface area contributed by atoms with Crippen molar-refractivity contribution in [3.63, 3.8) is 0 Å². The van der Waals surface area contributed by atoms with Gasteiger partial charge in [-0.15, -0.1) is 0 Å². The Kier molecular flexibility index (Phi) is 5.95. The Morgan fingerprint density at radius 1 is 1.60 bits per heavy atom. The summed E-state index contributed by atoms with van der Waals surface area (Å²) in [7, 11) is 0. The first-order valence-corrected chi connectivity index (χ1v) is 5.10. The van der Waals surface area contributed by atoms with Crippen LogP contribution in [0, 0.1) is 16.7 Å². The van der Waals surface area contributed by atoms with E-state index < -0.39 is 6.10 Å². The van der Waals surface area contributed by atoms with Crippen molar-refractivity contribution < 1.29 is 14.6 Å². The first kappa shape index (κ1) is 13.9. The molecular formula is C11H19NO3. The highest BCUT2D eigenvalue weighted by Crippen LogP contribution is 2.22. The summed E-state index contributed by atoms with van der Waals surface area (Å²) in [6, 6.07) is 2.20. The molecule has 0 amide bonds. The summed E-state index contributed by atoms with van der Waals surface area (Å²) in [4.78, 5) is 10.5. The molecule has 1 atom stereocenters. The normalized spacial score (nSPS) is 13.0. The smallest absolute Gasteiger partial charge is 0.302 e. The van der Waals surface area contributed by atoms with Crippen molar-refractivity contribution in [2.24, 2.45) is 5.41 Å². The van der Waals surface area contributed by atoms with E-state index in [1.807, 2.05) is 13.8 Å².